The van der Waals surface area contributed by atoms with E-state index in [9.17, 15) is 9.59 Å². The van der Waals surface area contributed by atoms with Gasteiger partial charge in [0.15, 0.2) is 0 Å². The van der Waals surface area contributed by atoms with E-state index in [0.717, 1.165) is 23.3 Å². The molecule has 138 valence electrons. The van der Waals surface area contributed by atoms with Crippen LogP contribution in [-0.4, -0.2) is 23.7 Å². The van der Waals surface area contributed by atoms with Gasteiger partial charge in [-0.2, -0.15) is 0 Å². The van der Waals surface area contributed by atoms with Gasteiger partial charge in [0, 0.05) is 12.1 Å². The number of carboxylic acids is 1. The van der Waals surface area contributed by atoms with E-state index in [0.29, 0.717) is 13.2 Å². The third-order valence-electron chi connectivity index (χ3n) is 3.96. The Balaban J connectivity index is 1.96. The van der Waals surface area contributed by atoms with Gasteiger partial charge in [-0.3, -0.25) is 0 Å². The van der Waals surface area contributed by atoms with Gasteiger partial charge < -0.3 is 20.5 Å². The minimum Gasteiger partial charge on any atom is -0.494 e. The third kappa shape index (κ3) is 5.24. The van der Waals surface area contributed by atoms with Gasteiger partial charge in [0.25, 0.3) is 0 Å². The van der Waals surface area contributed by atoms with E-state index in [1.165, 1.54) is 12.1 Å². The number of ether oxygens (including phenoxy) is 1. The van der Waals surface area contributed by atoms with Crippen molar-refractivity contribution < 1.29 is 19.4 Å². The number of hydrogen-bond acceptors (Lipinski definition) is 3. The van der Waals surface area contributed by atoms with Crippen molar-refractivity contribution in [3.63, 3.8) is 0 Å². The van der Waals surface area contributed by atoms with Gasteiger partial charge >= 0.3 is 12.0 Å². The molecule has 0 aliphatic heterocycles. The Labute approximate surface area is 153 Å². The lowest BCUT2D eigenvalue weighted by atomic mass is 10.0. The van der Waals surface area contributed by atoms with Crippen molar-refractivity contribution in [2.45, 2.75) is 32.9 Å². The molecule has 0 heterocycles. The molecule has 0 fully saturated rings. The van der Waals surface area contributed by atoms with Crippen LogP contribution in [0, 0.1) is 0 Å². The number of carbonyl (C=O) groups is 2. The number of para-hydroxylation sites is 1. The van der Waals surface area contributed by atoms with Crippen LogP contribution >= 0.6 is 0 Å². The zero-order valence-corrected chi connectivity index (χ0v) is 15.0. The Hall–Kier alpha value is -3.02. The first-order valence-corrected chi connectivity index (χ1v) is 8.63. The Kier molecular flexibility index (Phi) is 7.02. The molecular formula is C20H24N2O4. The van der Waals surface area contributed by atoms with Crippen molar-refractivity contribution in [3.05, 3.63) is 65.2 Å². The van der Waals surface area contributed by atoms with Crippen LogP contribution < -0.4 is 15.4 Å². The molecule has 2 rings (SSSR count). The molecule has 2 aromatic rings. The predicted octanol–water partition coefficient (Wildman–Crippen LogP) is 3.73. The second-order valence-electron chi connectivity index (χ2n) is 5.76. The summed E-state index contributed by atoms with van der Waals surface area (Å²) in [5, 5.41) is 14.7. The Bertz CT molecular complexity index is 744. The summed E-state index contributed by atoms with van der Waals surface area (Å²) >= 11 is 0. The van der Waals surface area contributed by atoms with E-state index in [1.807, 2.05) is 38.1 Å². The van der Waals surface area contributed by atoms with Gasteiger partial charge in [-0.05, 0) is 37.1 Å². The predicted molar refractivity (Wildman–Crippen MR) is 99.4 cm³/mol. The highest BCUT2D eigenvalue weighted by atomic mass is 16.5. The second-order valence-corrected chi connectivity index (χ2v) is 5.76. The molecular weight excluding hydrogens is 332 g/mol. The summed E-state index contributed by atoms with van der Waals surface area (Å²) in [5.41, 5.74) is 1.99. The number of aromatic carboxylic acids is 1. The fourth-order valence-corrected chi connectivity index (χ4v) is 2.61. The smallest absolute Gasteiger partial charge is 0.335 e. The van der Waals surface area contributed by atoms with Gasteiger partial charge in [-0.15, -0.1) is 0 Å². The average molecular weight is 356 g/mol. The lowest BCUT2D eigenvalue weighted by molar-refractivity contribution is 0.0697. The summed E-state index contributed by atoms with van der Waals surface area (Å²) in [4.78, 5) is 23.1. The van der Waals surface area contributed by atoms with Crippen LogP contribution in [0.5, 0.6) is 5.75 Å². The molecule has 0 bridgehead atoms. The maximum Gasteiger partial charge on any atom is 0.335 e. The van der Waals surface area contributed by atoms with Gasteiger partial charge in [0.2, 0.25) is 0 Å². The van der Waals surface area contributed by atoms with Crippen molar-refractivity contribution in [2.75, 3.05) is 6.61 Å². The molecule has 0 aliphatic carbocycles. The monoisotopic (exact) mass is 356 g/mol. The van der Waals surface area contributed by atoms with Crippen LogP contribution in [0.3, 0.4) is 0 Å². The SMILES string of the molecule is CCOc1ccccc1C(CC)NC(=O)NCc1ccc(C(=O)O)cc1. The molecule has 0 saturated carbocycles. The first-order chi connectivity index (χ1) is 12.5. The summed E-state index contributed by atoms with van der Waals surface area (Å²) in [7, 11) is 0. The lowest BCUT2D eigenvalue weighted by Gasteiger charge is -2.20. The van der Waals surface area contributed by atoms with Crippen LogP contribution in [0.25, 0.3) is 0 Å². The van der Waals surface area contributed by atoms with E-state index in [2.05, 4.69) is 10.6 Å². The number of urea groups is 1. The van der Waals surface area contributed by atoms with E-state index in [4.69, 9.17) is 9.84 Å². The second kappa shape index (κ2) is 9.46. The van der Waals surface area contributed by atoms with Crippen molar-refractivity contribution in [2.24, 2.45) is 0 Å². The fourth-order valence-electron chi connectivity index (χ4n) is 2.61. The zero-order valence-electron chi connectivity index (χ0n) is 15.0. The zero-order chi connectivity index (χ0) is 18.9. The quantitative estimate of drug-likeness (QED) is 0.672. The molecule has 2 aromatic carbocycles. The summed E-state index contributed by atoms with van der Waals surface area (Å²) in [5.74, 6) is -0.201. The highest BCUT2D eigenvalue weighted by Gasteiger charge is 2.16. The standard InChI is InChI=1S/C20H24N2O4/c1-3-17(16-7-5-6-8-18(16)26-4-2)22-20(25)21-13-14-9-11-15(12-10-14)19(23)24/h5-12,17H,3-4,13H2,1-2H3,(H,23,24)(H2,21,22,25). The van der Waals surface area contributed by atoms with Crippen molar-refractivity contribution in [1.29, 1.82) is 0 Å². The van der Waals surface area contributed by atoms with Crippen LogP contribution in [0.1, 0.15) is 47.8 Å². The van der Waals surface area contributed by atoms with E-state index in [-0.39, 0.29) is 17.6 Å². The number of carbonyl (C=O) groups excluding carboxylic acids is 1. The molecule has 0 saturated heterocycles. The number of hydrogen-bond donors (Lipinski definition) is 3. The van der Waals surface area contributed by atoms with Crippen LogP contribution in [-0.2, 0) is 6.54 Å². The van der Waals surface area contributed by atoms with Crippen LogP contribution in [0.4, 0.5) is 4.79 Å². The van der Waals surface area contributed by atoms with Gasteiger partial charge in [-0.1, -0.05) is 37.3 Å². The number of amides is 2. The molecule has 6 nitrogen and oxygen atoms in total. The Morgan fingerprint density at radius 2 is 1.77 bits per heavy atom. The van der Waals surface area contributed by atoms with Crippen molar-refractivity contribution >= 4 is 12.0 Å². The first kappa shape index (κ1) is 19.3. The van der Waals surface area contributed by atoms with E-state index >= 15 is 0 Å². The van der Waals surface area contributed by atoms with Crippen LogP contribution in [0.15, 0.2) is 48.5 Å². The molecule has 0 aliphatic rings. The van der Waals surface area contributed by atoms with E-state index < -0.39 is 5.97 Å². The molecule has 2 amide bonds. The lowest BCUT2D eigenvalue weighted by Crippen LogP contribution is -2.37. The third-order valence-corrected chi connectivity index (χ3v) is 3.96. The highest BCUT2D eigenvalue weighted by molar-refractivity contribution is 5.87. The summed E-state index contributed by atoms with van der Waals surface area (Å²) in [6, 6.07) is 13.6. The molecule has 1 atom stereocenters. The summed E-state index contributed by atoms with van der Waals surface area (Å²) in [6.45, 7) is 4.80. The minimum atomic E-state index is -0.971. The average Bonchev–Trinajstić information content (AvgIpc) is 2.65. The summed E-state index contributed by atoms with van der Waals surface area (Å²) in [6.07, 6.45) is 0.727. The molecule has 6 heteroatoms. The number of benzene rings is 2. The molecule has 0 radical (unpaired) electrons. The van der Waals surface area contributed by atoms with E-state index in [1.54, 1.807) is 12.1 Å². The molecule has 26 heavy (non-hydrogen) atoms. The molecule has 3 N–H and O–H groups in total. The molecule has 1 unspecified atom stereocenters. The maximum absolute atomic E-state index is 12.2. The first-order valence-electron chi connectivity index (χ1n) is 8.63. The topological polar surface area (TPSA) is 87.7 Å². The van der Waals surface area contributed by atoms with Crippen molar-refractivity contribution in [1.82, 2.24) is 10.6 Å². The summed E-state index contributed by atoms with van der Waals surface area (Å²) < 4.78 is 5.64. The van der Waals surface area contributed by atoms with Gasteiger partial charge in [0.05, 0.1) is 18.2 Å². The molecule has 0 aromatic heterocycles. The minimum absolute atomic E-state index is 0.160. The normalized spacial score (nSPS) is 11.5. The van der Waals surface area contributed by atoms with Crippen LogP contribution in [0.2, 0.25) is 0 Å². The number of carboxylic acid groups (broad SMARTS) is 1. The molecule has 0 spiro atoms. The number of rotatable bonds is 8. The Morgan fingerprint density at radius 3 is 2.38 bits per heavy atom. The van der Waals surface area contributed by atoms with Gasteiger partial charge in [0.1, 0.15) is 5.75 Å². The number of nitrogens with one attached hydrogen (secondary N) is 2. The largest absolute Gasteiger partial charge is 0.494 e. The fraction of sp³-hybridized carbons (Fsp3) is 0.300. The maximum atomic E-state index is 12.2. The Morgan fingerprint density at radius 1 is 1.08 bits per heavy atom. The van der Waals surface area contributed by atoms with Gasteiger partial charge in [-0.25, -0.2) is 9.59 Å². The highest BCUT2D eigenvalue weighted by Crippen LogP contribution is 2.27. The van der Waals surface area contributed by atoms with Crippen molar-refractivity contribution in [3.8, 4) is 5.75 Å².